The zero-order valence-electron chi connectivity index (χ0n) is 14.8. The SMILES string of the molecule is CN=C(NCc1cc(F)ccc1SC)N1CCC(C(=O)OC)CC1.I. The number of likely N-dealkylation sites (tertiary alicyclic amines) is 1. The normalized spacial score (nSPS) is 15.5. The summed E-state index contributed by atoms with van der Waals surface area (Å²) in [4.78, 5) is 19.1. The van der Waals surface area contributed by atoms with Crippen LogP contribution < -0.4 is 5.32 Å². The van der Waals surface area contributed by atoms with Crippen molar-refractivity contribution in [3.05, 3.63) is 29.6 Å². The number of benzene rings is 1. The van der Waals surface area contributed by atoms with Gasteiger partial charge >= 0.3 is 5.97 Å². The maximum atomic E-state index is 13.5. The largest absolute Gasteiger partial charge is 0.469 e. The molecule has 5 nitrogen and oxygen atoms in total. The molecule has 0 atom stereocenters. The van der Waals surface area contributed by atoms with Crippen LogP contribution in [-0.4, -0.2) is 50.3 Å². The minimum Gasteiger partial charge on any atom is -0.469 e. The first-order chi connectivity index (χ1) is 11.6. The van der Waals surface area contributed by atoms with Gasteiger partial charge < -0.3 is 15.0 Å². The Labute approximate surface area is 169 Å². The van der Waals surface area contributed by atoms with Gasteiger partial charge in [-0.05, 0) is 42.9 Å². The molecule has 1 N–H and O–H groups in total. The van der Waals surface area contributed by atoms with Crippen LogP contribution in [0.1, 0.15) is 18.4 Å². The van der Waals surface area contributed by atoms with E-state index >= 15 is 0 Å². The Balaban J connectivity index is 0.00000312. The predicted molar refractivity (Wildman–Crippen MR) is 110 cm³/mol. The van der Waals surface area contributed by atoms with Crippen molar-refractivity contribution in [2.75, 3.05) is 33.5 Å². The number of hydrogen-bond donors (Lipinski definition) is 1. The number of carbonyl (C=O) groups is 1. The van der Waals surface area contributed by atoms with Gasteiger partial charge in [-0.15, -0.1) is 35.7 Å². The van der Waals surface area contributed by atoms with E-state index in [-0.39, 0.29) is 41.7 Å². The highest BCUT2D eigenvalue weighted by atomic mass is 127. The third-order valence-corrected chi connectivity index (χ3v) is 5.06. The van der Waals surface area contributed by atoms with Gasteiger partial charge in [0.1, 0.15) is 5.82 Å². The van der Waals surface area contributed by atoms with Gasteiger partial charge in [0.2, 0.25) is 0 Å². The van der Waals surface area contributed by atoms with Gasteiger partial charge in [0, 0.05) is 31.6 Å². The Morgan fingerprint density at radius 2 is 2.12 bits per heavy atom. The van der Waals surface area contributed by atoms with Crippen LogP contribution in [-0.2, 0) is 16.1 Å². The number of hydrogen-bond acceptors (Lipinski definition) is 4. The average Bonchev–Trinajstić information content (AvgIpc) is 2.62. The van der Waals surface area contributed by atoms with E-state index in [0.29, 0.717) is 6.54 Å². The molecule has 1 heterocycles. The lowest BCUT2D eigenvalue weighted by atomic mass is 9.97. The summed E-state index contributed by atoms with van der Waals surface area (Å²) in [6.45, 7) is 2.01. The van der Waals surface area contributed by atoms with E-state index < -0.39 is 0 Å². The van der Waals surface area contributed by atoms with Crippen LogP contribution in [0, 0.1) is 11.7 Å². The number of carbonyl (C=O) groups excluding carboxylic acids is 1. The maximum absolute atomic E-state index is 13.5. The number of ether oxygens (including phenoxy) is 1. The number of methoxy groups -OCH3 is 1. The molecule has 0 aliphatic carbocycles. The van der Waals surface area contributed by atoms with E-state index in [1.54, 1.807) is 30.9 Å². The summed E-state index contributed by atoms with van der Waals surface area (Å²) < 4.78 is 18.3. The van der Waals surface area contributed by atoms with Crippen molar-refractivity contribution in [3.63, 3.8) is 0 Å². The highest BCUT2D eigenvalue weighted by molar-refractivity contribution is 14.0. The summed E-state index contributed by atoms with van der Waals surface area (Å²) in [6.07, 6.45) is 3.48. The second-order valence-corrected chi connectivity index (χ2v) is 6.49. The topological polar surface area (TPSA) is 53.9 Å². The first-order valence-corrected chi connectivity index (χ1v) is 9.17. The molecular formula is C17H25FIN3O2S. The molecule has 0 unspecified atom stereocenters. The zero-order chi connectivity index (χ0) is 17.5. The molecule has 0 bridgehead atoms. The van der Waals surface area contributed by atoms with Crippen molar-refractivity contribution in [2.24, 2.45) is 10.9 Å². The lowest BCUT2D eigenvalue weighted by Crippen LogP contribution is -2.46. The summed E-state index contributed by atoms with van der Waals surface area (Å²) in [5.74, 6) is 0.366. The molecule has 0 spiro atoms. The molecule has 0 aromatic heterocycles. The number of esters is 1. The number of thioether (sulfide) groups is 1. The Bertz CT molecular complexity index is 608. The summed E-state index contributed by atoms with van der Waals surface area (Å²) in [5, 5.41) is 3.30. The summed E-state index contributed by atoms with van der Waals surface area (Å²) in [7, 11) is 3.16. The lowest BCUT2D eigenvalue weighted by molar-refractivity contribution is -0.146. The lowest BCUT2D eigenvalue weighted by Gasteiger charge is -2.33. The Morgan fingerprint density at radius 3 is 2.68 bits per heavy atom. The molecule has 2 rings (SSSR count). The minimum absolute atomic E-state index is 0. The number of rotatable bonds is 4. The van der Waals surface area contributed by atoms with Gasteiger partial charge in [0.05, 0.1) is 13.0 Å². The van der Waals surface area contributed by atoms with Gasteiger partial charge in [-0.1, -0.05) is 0 Å². The van der Waals surface area contributed by atoms with Crippen LogP contribution in [0.2, 0.25) is 0 Å². The van der Waals surface area contributed by atoms with Crippen LogP contribution in [0.4, 0.5) is 4.39 Å². The molecule has 0 radical (unpaired) electrons. The molecule has 1 aliphatic rings. The van der Waals surface area contributed by atoms with Crippen molar-refractivity contribution < 1.29 is 13.9 Å². The second kappa shape index (κ2) is 10.8. The number of piperidine rings is 1. The van der Waals surface area contributed by atoms with Gasteiger partial charge in [0.15, 0.2) is 5.96 Å². The molecule has 1 saturated heterocycles. The van der Waals surface area contributed by atoms with Gasteiger partial charge in [-0.3, -0.25) is 9.79 Å². The maximum Gasteiger partial charge on any atom is 0.308 e. The van der Waals surface area contributed by atoms with Crippen LogP contribution in [0.15, 0.2) is 28.1 Å². The quantitative estimate of drug-likeness (QED) is 0.236. The Kier molecular flexibility index (Phi) is 9.55. The van der Waals surface area contributed by atoms with Crippen LogP contribution in [0.5, 0.6) is 0 Å². The molecule has 1 fully saturated rings. The molecule has 8 heteroatoms. The zero-order valence-corrected chi connectivity index (χ0v) is 17.9. The monoisotopic (exact) mass is 481 g/mol. The Morgan fingerprint density at radius 1 is 1.44 bits per heavy atom. The first-order valence-electron chi connectivity index (χ1n) is 7.95. The standard InChI is InChI=1S/C17H24FN3O2S.HI/c1-19-17(21-8-6-12(7-9-21)16(22)23-2)20-11-13-10-14(18)4-5-15(13)24-3;/h4-5,10,12H,6-9,11H2,1-3H3,(H,19,20);1H. The fourth-order valence-corrected chi connectivity index (χ4v) is 3.48. The van der Waals surface area contributed by atoms with E-state index in [9.17, 15) is 9.18 Å². The fraction of sp³-hybridized carbons (Fsp3) is 0.529. The highest BCUT2D eigenvalue weighted by Crippen LogP contribution is 2.22. The molecular weight excluding hydrogens is 456 g/mol. The molecule has 0 saturated carbocycles. The molecule has 1 aromatic carbocycles. The summed E-state index contributed by atoms with van der Waals surface area (Å²) >= 11 is 1.59. The minimum atomic E-state index is -0.238. The highest BCUT2D eigenvalue weighted by Gasteiger charge is 2.26. The smallest absolute Gasteiger partial charge is 0.308 e. The van der Waals surface area contributed by atoms with E-state index in [1.165, 1.54) is 13.2 Å². The molecule has 140 valence electrons. The predicted octanol–water partition coefficient (Wildman–Crippen LogP) is 3.13. The molecule has 1 aromatic rings. The number of guanidine groups is 1. The van der Waals surface area contributed by atoms with Crippen molar-refractivity contribution in [1.29, 1.82) is 0 Å². The van der Waals surface area contributed by atoms with Gasteiger partial charge in [0.25, 0.3) is 0 Å². The van der Waals surface area contributed by atoms with Crippen LogP contribution in [0.3, 0.4) is 0 Å². The third-order valence-electron chi connectivity index (χ3n) is 4.22. The van der Waals surface area contributed by atoms with Crippen molar-refractivity contribution in [1.82, 2.24) is 10.2 Å². The number of nitrogens with one attached hydrogen (secondary N) is 1. The van der Waals surface area contributed by atoms with E-state index in [1.807, 2.05) is 6.26 Å². The van der Waals surface area contributed by atoms with E-state index in [0.717, 1.165) is 42.3 Å². The molecule has 25 heavy (non-hydrogen) atoms. The first kappa shape index (κ1) is 22.0. The number of halogens is 2. The molecule has 0 amide bonds. The summed E-state index contributed by atoms with van der Waals surface area (Å²) in [5.41, 5.74) is 0.910. The van der Waals surface area contributed by atoms with Crippen molar-refractivity contribution >= 4 is 47.7 Å². The van der Waals surface area contributed by atoms with Crippen LogP contribution in [0.25, 0.3) is 0 Å². The van der Waals surface area contributed by atoms with Crippen LogP contribution >= 0.6 is 35.7 Å². The summed E-state index contributed by atoms with van der Waals surface area (Å²) in [6, 6.07) is 4.82. The number of nitrogens with zero attached hydrogens (tertiary/aromatic N) is 2. The average molecular weight is 481 g/mol. The molecule has 1 aliphatic heterocycles. The van der Waals surface area contributed by atoms with Crippen molar-refractivity contribution in [3.8, 4) is 0 Å². The van der Waals surface area contributed by atoms with Gasteiger partial charge in [-0.25, -0.2) is 4.39 Å². The van der Waals surface area contributed by atoms with Crippen molar-refractivity contribution in [2.45, 2.75) is 24.3 Å². The third kappa shape index (κ3) is 6.02. The second-order valence-electron chi connectivity index (χ2n) is 5.64. The Hall–Kier alpha value is -1.03. The number of aliphatic imine (C=N–C) groups is 1. The van der Waals surface area contributed by atoms with E-state index in [4.69, 9.17) is 4.74 Å². The fourth-order valence-electron chi connectivity index (χ4n) is 2.89. The van der Waals surface area contributed by atoms with E-state index in [2.05, 4.69) is 15.2 Å². The van der Waals surface area contributed by atoms with Gasteiger partial charge in [-0.2, -0.15) is 0 Å².